The second-order valence-electron chi connectivity index (χ2n) is 5.83. The van der Waals surface area contributed by atoms with E-state index in [4.69, 9.17) is 4.42 Å². The number of thiophene rings is 1. The number of carbonyl (C=O) groups excluding carboxylic acids is 1. The highest BCUT2D eigenvalue weighted by Gasteiger charge is 2.26. The maximum atomic E-state index is 12.3. The molecule has 2 aromatic heterocycles. The van der Waals surface area contributed by atoms with E-state index in [9.17, 15) is 9.90 Å². The summed E-state index contributed by atoms with van der Waals surface area (Å²) in [6.07, 6.45) is 3.73. The van der Waals surface area contributed by atoms with Crippen LogP contribution in [0.2, 0.25) is 0 Å². The van der Waals surface area contributed by atoms with Gasteiger partial charge in [0.15, 0.2) is 0 Å². The molecule has 0 aliphatic carbocycles. The van der Waals surface area contributed by atoms with Crippen LogP contribution in [0.15, 0.2) is 16.5 Å². The third-order valence-electron chi connectivity index (χ3n) is 4.13. The third kappa shape index (κ3) is 3.79. The van der Waals surface area contributed by atoms with Crippen LogP contribution in [0.1, 0.15) is 36.5 Å². The van der Waals surface area contributed by atoms with Crippen molar-refractivity contribution < 1.29 is 14.3 Å². The molecule has 6 nitrogen and oxygen atoms in total. The van der Waals surface area contributed by atoms with Crippen molar-refractivity contribution in [1.29, 1.82) is 0 Å². The van der Waals surface area contributed by atoms with Gasteiger partial charge in [-0.05, 0) is 38.3 Å². The van der Waals surface area contributed by atoms with Crippen LogP contribution in [0.25, 0.3) is 10.8 Å². The molecule has 3 rings (SSSR count). The van der Waals surface area contributed by atoms with Gasteiger partial charge in [0.05, 0.1) is 17.5 Å². The summed E-state index contributed by atoms with van der Waals surface area (Å²) in [5, 5.41) is 17.5. The minimum atomic E-state index is -0.0383. The second kappa shape index (κ2) is 7.23. The summed E-state index contributed by atoms with van der Waals surface area (Å²) in [7, 11) is 0. The van der Waals surface area contributed by atoms with Gasteiger partial charge in [-0.25, -0.2) is 0 Å². The molecular formula is C16H21N3O3S. The first-order chi connectivity index (χ1) is 11.2. The van der Waals surface area contributed by atoms with Crippen molar-refractivity contribution >= 4 is 17.2 Å². The summed E-state index contributed by atoms with van der Waals surface area (Å²) in [5.74, 6) is 1.05. The molecule has 1 N–H and O–H groups in total. The van der Waals surface area contributed by atoms with Gasteiger partial charge in [-0.15, -0.1) is 21.5 Å². The number of aromatic nitrogens is 2. The zero-order valence-corrected chi connectivity index (χ0v) is 14.0. The van der Waals surface area contributed by atoms with Crippen LogP contribution in [0.5, 0.6) is 0 Å². The molecule has 2 aromatic rings. The number of aliphatic hydroxyl groups is 1. The van der Waals surface area contributed by atoms with Gasteiger partial charge < -0.3 is 14.4 Å². The summed E-state index contributed by atoms with van der Waals surface area (Å²) >= 11 is 1.61. The van der Waals surface area contributed by atoms with E-state index in [1.807, 2.05) is 19.1 Å². The number of hydrogen-bond donors (Lipinski definition) is 1. The fourth-order valence-electron chi connectivity index (χ4n) is 2.88. The molecule has 0 saturated carbocycles. The third-order valence-corrected chi connectivity index (χ3v) is 5.12. The number of aryl methyl sites for hydroxylation is 2. The Balaban J connectivity index is 1.58. The smallest absolute Gasteiger partial charge is 0.257 e. The predicted molar refractivity (Wildman–Crippen MR) is 87.1 cm³/mol. The summed E-state index contributed by atoms with van der Waals surface area (Å²) in [5.41, 5.74) is 0. The molecule has 0 radical (unpaired) electrons. The van der Waals surface area contributed by atoms with Crippen LogP contribution < -0.4 is 0 Å². The highest BCUT2D eigenvalue weighted by molar-refractivity contribution is 7.15. The average molecular weight is 335 g/mol. The summed E-state index contributed by atoms with van der Waals surface area (Å²) < 4.78 is 5.64. The zero-order chi connectivity index (χ0) is 16.2. The van der Waals surface area contributed by atoms with Crippen LogP contribution >= 0.6 is 11.3 Å². The minimum Gasteiger partial charge on any atom is -0.420 e. The van der Waals surface area contributed by atoms with Crippen molar-refractivity contribution in [2.45, 2.75) is 45.1 Å². The minimum absolute atomic E-state index is 0.0359. The highest BCUT2D eigenvalue weighted by atomic mass is 32.1. The van der Waals surface area contributed by atoms with Gasteiger partial charge in [0.25, 0.3) is 5.89 Å². The number of likely N-dealkylation sites (tertiary alicyclic amines) is 1. The fraction of sp³-hybridized carbons (Fsp3) is 0.562. The lowest BCUT2D eigenvalue weighted by molar-refractivity contribution is -0.136. The van der Waals surface area contributed by atoms with Crippen LogP contribution in [0, 0.1) is 6.92 Å². The fourth-order valence-corrected chi connectivity index (χ4v) is 3.67. The molecule has 7 heteroatoms. The summed E-state index contributed by atoms with van der Waals surface area (Å²) in [6, 6.07) is 3.93. The van der Waals surface area contributed by atoms with E-state index in [2.05, 4.69) is 10.2 Å². The zero-order valence-electron chi connectivity index (χ0n) is 13.2. The SMILES string of the molecule is Cc1ccc(-c2nnc(CCC(=O)N3CCCCC3CO)o2)s1. The highest BCUT2D eigenvalue weighted by Crippen LogP contribution is 2.26. The van der Waals surface area contributed by atoms with Crippen molar-refractivity contribution in [3.05, 3.63) is 22.9 Å². The molecule has 3 heterocycles. The van der Waals surface area contributed by atoms with Crippen molar-refractivity contribution in [3.63, 3.8) is 0 Å². The van der Waals surface area contributed by atoms with Crippen molar-refractivity contribution in [3.8, 4) is 10.8 Å². The average Bonchev–Trinajstić information content (AvgIpc) is 3.21. The lowest BCUT2D eigenvalue weighted by Gasteiger charge is -2.34. The van der Waals surface area contributed by atoms with Crippen molar-refractivity contribution in [1.82, 2.24) is 15.1 Å². The van der Waals surface area contributed by atoms with E-state index in [0.717, 1.165) is 30.7 Å². The van der Waals surface area contributed by atoms with Gasteiger partial charge in [0.1, 0.15) is 0 Å². The van der Waals surface area contributed by atoms with E-state index in [1.165, 1.54) is 4.88 Å². The topological polar surface area (TPSA) is 79.5 Å². The number of piperidine rings is 1. The number of aliphatic hydroxyl groups excluding tert-OH is 1. The van der Waals surface area contributed by atoms with Crippen molar-refractivity contribution in [2.75, 3.05) is 13.2 Å². The monoisotopic (exact) mass is 335 g/mol. The van der Waals surface area contributed by atoms with E-state index < -0.39 is 0 Å². The number of hydrogen-bond acceptors (Lipinski definition) is 6. The standard InChI is InChI=1S/C16H21N3O3S/c1-11-5-6-13(23-11)16-18-17-14(22-16)7-8-15(21)19-9-3-2-4-12(19)10-20/h5-6,12,20H,2-4,7-10H2,1H3. The lowest BCUT2D eigenvalue weighted by atomic mass is 10.0. The van der Waals surface area contributed by atoms with E-state index >= 15 is 0 Å². The van der Waals surface area contributed by atoms with Gasteiger partial charge in [-0.2, -0.15) is 0 Å². The van der Waals surface area contributed by atoms with E-state index in [-0.39, 0.29) is 18.6 Å². The maximum Gasteiger partial charge on any atom is 0.257 e. The lowest BCUT2D eigenvalue weighted by Crippen LogP contribution is -2.45. The Labute approximate surface area is 139 Å². The predicted octanol–water partition coefficient (Wildman–Crippen LogP) is 2.41. The van der Waals surface area contributed by atoms with Gasteiger partial charge in [-0.3, -0.25) is 4.79 Å². The maximum absolute atomic E-state index is 12.3. The molecule has 1 fully saturated rings. The first-order valence-electron chi connectivity index (χ1n) is 7.97. The Morgan fingerprint density at radius 3 is 3.04 bits per heavy atom. The Morgan fingerprint density at radius 1 is 1.43 bits per heavy atom. The van der Waals surface area contributed by atoms with Crippen LogP contribution in [0.4, 0.5) is 0 Å². The molecule has 1 saturated heterocycles. The van der Waals surface area contributed by atoms with E-state index in [0.29, 0.717) is 24.6 Å². The van der Waals surface area contributed by atoms with Gasteiger partial charge in [0, 0.05) is 24.3 Å². The van der Waals surface area contributed by atoms with Gasteiger partial charge >= 0.3 is 0 Å². The van der Waals surface area contributed by atoms with Gasteiger partial charge in [0.2, 0.25) is 11.8 Å². The first-order valence-corrected chi connectivity index (χ1v) is 8.78. The number of carbonyl (C=O) groups is 1. The molecule has 1 amide bonds. The van der Waals surface area contributed by atoms with E-state index in [1.54, 1.807) is 16.2 Å². The largest absolute Gasteiger partial charge is 0.420 e. The Morgan fingerprint density at radius 2 is 2.30 bits per heavy atom. The van der Waals surface area contributed by atoms with Crippen molar-refractivity contribution in [2.24, 2.45) is 0 Å². The van der Waals surface area contributed by atoms with Gasteiger partial charge in [-0.1, -0.05) is 0 Å². The quantitative estimate of drug-likeness (QED) is 0.908. The Bertz CT molecular complexity index is 667. The van der Waals surface area contributed by atoms with Crippen LogP contribution in [-0.2, 0) is 11.2 Å². The molecule has 23 heavy (non-hydrogen) atoms. The number of amides is 1. The summed E-state index contributed by atoms with van der Waals surface area (Å²) in [4.78, 5) is 16.3. The normalized spacial score (nSPS) is 18.3. The number of nitrogens with zero attached hydrogens (tertiary/aromatic N) is 3. The summed E-state index contributed by atoms with van der Waals surface area (Å²) in [6.45, 7) is 2.79. The molecule has 1 aliphatic heterocycles. The second-order valence-corrected chi connectivity index (χ2v) is 7.12. The molecule has 1 aliphatic rings. The Kier molecular flexibility index (Phi) is 5.07. The molecule has 0 bridgehead atoms. The molecule has 0 aromatic carbocycles. The first kappa shape index (κ1) is 16.1. The van der Waals surface area contributed by atoms with Crippen LogP contribution in [0.3, 0.4) is 0 Å². The molecule has 1 atom stereocenters. The number of rotatable bonds is 5. The molecular weight excluding hydrogens is 314 g/mol. The molecule has 0 spiro atoms. The molecule has 1 unspecified atom stereocenters. The molecule has 124 valence electrons. The Hall–Kier alpha value is -1.73. The van der Waals surface area contributed by atoms with Crippen LogP contribution in [-0.4, -0.2) is 45.3 Å².